The van der Waals surface area contributed by atoms with Crippen molar-refractivity contribution in [3.05, 3.63) is 64.8 Å². The predicted octanol–water partition coefficient (Wildman–Crippen LogP) is 5.92. The van der Waals surface area contributed by atoms with E-state index in [-0.39, 0.29) is 29.8 Å². The Labute approximate surface area is 237 Å². The molecule has 0 amide bonds. The van der Waals surface area contributed by atoms with Crippen LogP contribution in [0.5, 0.6) is 11.8 Å². The van der Waals surface area contributed by atoms with E-state index in [4.69, 9.17) is 26.2 Å². The maximum absolute atomic E-state index is 14.4. The number of benzene rings is 2. The number of fused-ring (bicyclic) bond motifs is 1. The largest absolute Gasteiger partial charge is 0.421 e. The summed E-state index contributed by atoms with van der Waals surface area (Å²) >= 11 is 6.51. The summed E-state index contributed by atoms with van der Waals surface area (Å²) in [6, 6.07) is 10.4. The van der Waals surface area contributed by atoms with Gasteiger partial charge in [0, 0.05) is 40.4 Å². The minimum absolute atomic E-state index is 0.00661. The molecule has 2 aromatic carbocycles. The Kier molecular flexibility index (Phi) is 8.90. The molecule has 2 aromatic heterocycles. The third kappa shape index (κ3) is 7.02. The molecular weight excluding hydrogens is 580 g/mol. The topological polar surface area (TPSA) is 99.4 Å². The molecule has 9 nitrogen and oxygen atoms in total. The number of rotatable bonds is 11. The lowest BCUT2D eigenvalue weighted by Gasteiger charge is -2.15. The van der Waals surface area contributed by atoms with Crippen LogP contribution >= 0.6 is 11.6 Å². The maximum atomic E-state index is 14.4. The van der Waals surface area contributed by atoms with Gasteiger partial charge in [0.1, 0.15) is 24.0 Å². The van der Waals surface area contributed by atoms with Gasteiger partial charge < -0.3 is 9.47 Å². The molecule has 4 rings (SSSR count). The highest BCUT2D eigenvalue weighted by Crippen LogP contribution is 2.36. The first-order valence-electron chi connectivity index (χ1n) is 12.4. The van der Waals surface area contributed by atoms with E-state index in [0.717, 1.165) is 22.5 Å². The van der Waals surface area contributed by atoms with E-state index >= 15 is 0 Å². The average molecular weight is 610 g/mol. The molecule has 0 aliphatic heterocycles. The summed E-state index contributed by atoms with van der Waals surface area (Å²) in [7, 11) is -2.37. The zero-order chi connectivity index (χ0) is 29.2. The summed E-state index contributed by atoms with van der Waals surface area (Å²) in [5, 5.41) is 5.42. The van der Waals surface area contributed by atoms with Crippen molar-refractivity contribution in [3.8, 4) is 23.0 Å². The van der Waals surface area contributed by atoms with E-state index in [0.29, 0.717) is 34.3 Å². The van der Waals surface area contributed by atoms with Gasteiger partial charge in [0.2, 0.25) is 10.0 Å². The van der Waals surface area contributed by atoms with Gasteiger partial charge in [0.15, 0.2) is 17.2 Å². The lowest BCUT2D eigenvalue weighted by molar-refractivity contribution is 0.0814. The minimum atomic E-state index is -3.82. The fourth-order valence-corrected chi connectivity index (χ4v) is 5.48. The first-order valence-corrected chi connectivity index (χ1v) is 18.1. The highest BCUT2D eigenvalue weighted by atomic mass is 35.5. The molecule has 0 N–H and O–H groups in total. The third-order valence-electron chi connectivity index (χ3n) is 5.96. The lowest BCUT2D eigenvalue weighted by Crippen LogP contribution is -2.24. The fourth-order valence-electron chi connectivity index (χ4n) is 3.69. The number of hydrogen-bond donors (Lipinski definition) is 0. The third-order valence-corrected chi connectivity index (χ3v) is 9.74. The molecular formula is C26H30ClF2N5O4SSi. The Bertz CT molecular complexity index is 1640. The fraction of sp³-hybridized carbons (Fsp3) is 0.346. The van der Waals surface area contributed by atoms with Crippen LogP contribution < -0.4 is 4.74 Å². The Morgan fingerprint density at radius 2 is 1.80 bits per heavy atom. The monoisotopic (exact) mass is 609 g/mol. The van der Waals surface area contributed by atoms with Crippen molar-refractivity contribution in [3.63, 3.8) is 0 Å². The van der Waals surface area contributed by atoms with Crippen LogP contribution in [-0.4, -0.2) is 61.2 Å². The summed E-state index contributed by atoms with van der Waals surface area (Å²) in [6.45, 7) is 7.20. The first kappa shape index (κ1) is 30.0. The highest BCUT2D eigenvalue weighted by Gasteiger charge is 2.26. The van der Waals surface area contributed by atoms with Gasteiger partial charge >= 0.3 is 6.01 Å². The van der Waals surface area contributed by atoms with E-state index in [9.17, 15) is 17.2 Å². The number of hydrogen-bond acceptors (Lipinski definition) is 7. The molecule has 0 aliphatic rings. The van der Waals surface area contributed by atoms with E-state index in [2.05, 4.69) is 29.6 Å². The maximum Gasteiger partial charge on any atom is 0.324 e. The summed E-state index contributed by atoms with van der Waals surface area (Å²) in [5.74, 6) is -2.60. The van der Waals surface area contributed by atoms with E-state index in [1.165, 1.54) is 18.8 Å². The van der Waals surface area contributed by atoms with Crippen molar-refractivity contribution in [1.82, 2.24) is 24.1 Å². The molecule has 0 atom stereocenters. The van der Waals surface area contributed by atoms with Gasteiger partial charge in [-0.1, -0.05) is 49.4 Å². The number of sulfonamides is 1. The van der Waals surface area contributed by atoms with Gasteiger partial charge in [-0.2, -0.15) is 15.1 Å². The first-order chi connectivity index (χ1) is 18.7. The molecule has 214 valence electrons. The minimum Gasteiger partial charge on any atom is -0.421 e. The SMILES string of the molecule is CN(C)S(=O)(=O)Cc1nc(Oc2ccc(F)cc2F)nc2c1c(-c1ccccc1Cl)nn2COCC[Si](C)(C)C. The van der Waals surface area contributed by atoms with Crippen molar-refractivity contribution < 1.29 is 26.7 Å². The van der Waals surface area contributed by atoms with Crippen molar-refractivity contribution in [2.75, 3.05) is 20.7 Å². The van der Waals surface area contributed by atoms with Crippen LogP contribution in [0.2, 0.25) is 30.7 Å². The molecule has 0 spiro atoms. The molecule has 0 fully saturated rings. The van der Waals surface area contributed by atoms with Crippen molar-refractivity contribution in [1.29, 1.82) is 0 Å². The van der Waals surface area contributed by atoms with Crippen molar-refractivity contribution >= 4 is 40.7 Å². The Morgan fingerprint density at radius 3 is 2.45 bits per heavy atom. The molecule has 0 saturated carbocycles. The normalized spacial score (nSPS) is 12.4. The molecule has 0 saturated heterocycles. The molecule has 14 heteroatoms. The van der Waals surface area contributed by atoms with Gasteiger partial charge in [-0.3, -0.25) is 0 Å². The molecule has 0 radical (unpaired) electrons. The van der Waals surface area contributed by atoms with Gasteiger partial charge in [-0.15, -0.1) is 0 Å². The number of ether oxygens (including phenoxy) is 2. The summed E-state index contributed by atoms with van der Waals surface area (Å²) in [4.78, 5) is 8.81. The molecule has 0 unspecified atom stereocenters. The second kappa shape index (κ2) is 11.9. The Balaban J connectivity index is 1.91. The molecule has 0 aliphatic carbocycles. The zero-order valence-electron chi connectivity index (χ0n) is 22.8. The van der Waals surface area contributed by atoms with Gasteiger partial charge in [0.05, 0.1) is 16.1 Å². The Morgan fingerprint density at radius 1 is 1.07 bits per heavy atom. The lowest BCUT2D eigenvalue weighted by atomic mass is 10.1. The van der Waals surface area contributed by atoms with Crippen LogP contribution in [0.4, 0.5) is 8.78 Å². The molecule has 40 heavy (non-hydrogen) atoms. The van der Waals surface area contributed by atoms with Crippen molar-refractivity contribution in [2.45, 2.75) is 38.2 Å². The number of nitrogens with zero attached hydrogens (tertiary/aromatic N) is 5. The quantitative estimate of drug-likeness (QED) is 0.154. The van der Waals surface area contributed by atoms with Gasteiger partial charge in [-0.05, 0) is 24.2 Å². The Hall–Kier alpha value is -2.97. The van der Waals surface area contributed by atoms with E-state index in [1.807, 2.05) is 0 Å². The smallest absolute Gasteiger partial charge is 0.324 e. The molecule has 4 aromatic rings. The van der Waals surface area contributed by atoms with Crippen LogP contribution in [0.3, 0.4) is 0 Å². The number of aromatic nitrogens is 4. The summed E-state index contributed by atoms with van der Waals surface area (Å²) in [6.07, 6.45) is 0. The van der Waals surface area contributed by atoms with Gasteiger partial charge in [-0.25, -0.2) is 26.2 Å². The van der Waals surface area contributed by atoms with Crippen LogP contribution in [0.15, 0.2) is 42.5 Å². The summed E-state index contributed by atoms with van der Waals surface area (Å²) in [5.41, 5.74) is 1.18. The molecule has 2 heterocycles. The van der Waals surface area contributed by atoms with Crippen LogP contribution in [0.25, 0.3) is 22.3 Å². The number of halogens is 3. The van der Waals surface area contributed by atoms with Crippen molar-refractivity contribution in [2.24, 2.45) is 0 Å². The van der Waals surface area contributed by atoms with Crippen LogP contribution in [0, 0.1) is 11.6 Å². The van der Waals surface area contributed by atoms with E-state index < -0.39 is 35.5 Å². The molecule has 0 bridgehead atoms. The average Bonchev–Trinajstić information content (AvgIpc) is 3.21. The van der Waals surface area contributed by atoms with Crippen LogP contribution in [0.1, 0.15) is 5.69 Å². The predicted molar refractivity (Wildman–Crippen MR) is 153 cm³/mol. The van der Waals surface area contributed by atoms with E-state index in [1.54, 1.807) is 24.3 Å². The van der Waals surface area contributed by atoms with Crippen LogP contribution in [-0.2, 0) is 27.2 Å². The second-order valence-corrected chi connectivity index (χ2v) is 18.8. The summed E-state index contributed by atoms with van der Waals surface area (Å²) < 4.78 is 67.9. The standard InChI is InChI=1S/C26H30ClF2N5O4SSi/c1-33(2)39(35,36)15-21-23-24(18-8-6-7-9-19(18)27)32-34(16-37-12-13-40(3,4)5)25(23)31-26(30-21)38-22-11-10-17(28)14-20(22)29/h6-11,14H,12-13,15-16H2,1-5H3. The van der Waals surface area contributed by atoms with Gasteiger partial charge in [0.25, 0.3) is 0 Å². The second-order valence-electron chi connectivity index (χ2n) is 10.5. The zero-order valence-corrected chi connectivity index (χ0v) is 25.4. The highest BCUT2D eigenvalue weighted by molar-refractivity contribution is 7.88.